The van der Waals surface area contributed by atoms with E-state index in [1.54, 1.807) is 18.2 Å². The van der Waals surface area contributed by atoms with E-state index in [0.717, 1.165) is 136 Å². The number of hydrogen-bond donors (Lipinski definition) is 1. The van der Waals surface area contributed by atoms with Crippen molar-refractivity contribution in [3.8, 4) is 66.8 Å². The molecule has 20 rings (SSSR count). The highest BCUT2D eigenvalue weighted by Crippen LogP contribution is 2.53. The smallest absolute Gasteiger partial charge is 0.148 e. The van der Waals surface area contributed by atoms with Crippen molar-refractivity contribution in [2.75, 3.05) is 15.1 Å². The van der Waals surface area contributed by atoms with Gasteiger partial charge in [0.1, 0.15) is 17.5 Å². The van der Waals surface area contributed by atoms with Gasteiger partial charge in [0.05, 0.1) is 28.4 Å². The Morgan fingerprint density at radius 1 is 0.223 bits per heavy atom. The van der Waals surface area contributed by atoms with Crippen LogP contribution in [0.4, 0.5) is 58.7 Å². The molecule has 3 nitrogen and oxygen atoms in total. The summed E-state index contributed by atoms with van der Waals surface area (Å²) in [4.78, 5) is 4.15. The van der Waals surface area contributed by atoms with Gasteiger partial charge in [-0.25, -0.2) is 13.2 Å². The van der Waals surface area contributed by atoms with Gasteiger partial charge < -0.3 is 15.1 Å². The maximum Gasteiger partial charge on any atom is 0.148 e. The van der Waals surface area contributed by atoms with Crippen molar-refractivity contribution >= 4 is 142 Å². The van der Waals surface area contributed by atoms with E-state index in [2.05, 4.69) is 156 Å². The molecule has 0 fully saturated rings. The molecule has 0 saturated heterocycles. The Morgan fingerprint density at radius 3 is 0.848 bits per heavy atom. The molecule has 20 aromatic carbocycles. The molecular weight excluding hydrogens is 1510 g/mol. The summed E-state index contributed by atoms with van der Waals surface area (Å²) in [6, 6.07) is 135. The molecule has 1 N–H and O–H groups in total. The Balaban J connectivity index is 0.000000160. The minimum absolute atomic E-state index is 0.269. The Morgan fingerprint density at radius 2 is 0.491 bits per heavy atom. The highest BCUT2D eigenvalue weighted by molar-refractivity contribution is 9.11. The Bertz CT molecular complexity index is 6420. The summed E-state index contributed by atoms with van der Waals surface area (Å²) in [5, 5.41) is 17.2. The summed E-state index contributed by atoms with van der Waals surface area (Å²) in [6.45, 7) is 0. The van der Waals surface area contributed by atoms with Gasteiger partial charge in [0.15, 0.2) is 0 Å². The van der Waals surface area contributed by atoms with Gasteiger partial charge in [-0.15, -0.1) is 0 Å². The van der Waals surface area contributed by atoms with Crippen LogP contribution >= 0.6 is 31.9 Å². The Labute approximate surface area is 665 Å². The first-order valence-electron chi connectivity index (χ1n) is 37.2. The van der Waals surface area contributed by atoms with E-state index in [1.165, 1.54) is 32.3 Å². The lowest BCUT2D eigenvalue weighted by molar-refractivity contribution is 0.629. The normalized spacial score (nSPS) is 11.3. The first-order chi connectivity index (χ1) is 55.1. The largest absolute Gasteiger partial charge is 0.353 e. The van der Waals surface area contributed by atoms with Crippen molar-refractivity contribution in [1.82, 2.24) is 0 Å². The number of hydrogen-bond acceptors (Lipinski definition) is 3. The first-order valence-corrected chi connectivity index (χ1v) is 38.8. The van der Waals surface area contributed by atoms with Crippen LogP contribution in [0.2, 0.25) is 0 Å². The average molecular weight is 1580 g/mol. The lowest BCUT2D eigenvalue weighted by Gasteiger charge is -2.31. The molecule has 0 unspecified atom stereocenters. The minimum atomic E-state index is -0.338. The third kappa shape index (κ3) is 13.6. The topological polar surface area (TPSA) is 18.5 Å². The van der Waals surface area contributed by atoms with Gasteiger partial charge >= 0.3 is 0 Å². The minimum Gasteiger partial charge on any atom is -0.353 e. The van der Waals surface area contributed by atoms with Crippen LogP contribution in [-0.2, 0) is 0 Å². The maximum atomic E-state index is 17.6. The highest BCUT2D eigenvalue weighted by Gasteiger charge is 2.29. The second-order valence-electron chi connectivity index (χ2n) is 27.7. The summed E-state index contributed by atoms with van der Waals surface area (Å²) in [5.41, 5.74) is 16.1. The summed E-state index contributed by atoms with van der Waals surface area (Å²) in [6.07, 6.45) is 0. The average Bonchev–Trinajstić information content (AvgIpc) is 0.722. The zero-order valence-electron chi connectivity index (χ0n) is 60.5. The van der Waals surface area contributed by atoms with Gasteiger partial charge in [-0.3, -0.25) is 0 Å². The molecule has 0 atom stereocenters. The predicted octanol–water partition coefficient (Wildman–Crippen LogP) is 31.5. The molecule has 534 valence electrons. The molecule has 0 amide bonds. The van der Waals surface area contributed by atoms with Crippen molar-refractivity contribution in [1.29, 1.82) is 0 Å². The van der Waals surface area contributed by atoms with Crippen LogP contribution in [0, 0.1) is 17.5 Å². The van der Waals surface area contributed by atoms with E-state index in [0.29, 0.717) is 17.1 Å². The van der Waals surface area contributed by atoms with E-state index in [-0.39, 0.29) is 17.5 Å². The van der Waals surface area contributed by atoms with Crippen molar-refractivity contribution in [3.05, 3.63) is 433 Å². The van der Waals surface area contributed by atoms with Crippen LogP contribution in [0.5, 0.6) is 0 Å². The third-order valence-electron chi connectivity index (χ3n) is 21.0. The second kappa shape index (κ2) is 30.9. The van der Waals surface area contributed by atoms with Crippen LogP contribution in [-0.4, -0.2) is 0 Å². The third-order valence-corrected chi connectivity index (χ3v) is 22.4. The molecule has 0 aliphatic carbocycles. The van der Waals surface area contributed by atoms with E-state index in [4.69, 9.17) is 0 Å². The van der Waals surface area contributed by atoms with Gasteiger partial charge in [0, 0.05) is 53.5 Å². The number of halogens is 5. The monoisotopic (exact) mass is 1570 g/mol. The van der Waals surface area contributed by atoms with Gasteiger partial charge in [-0.2, -0.15) is 0 Å². The highest BCUT2D eigenvalue weighted by atomic mass is 79.9. The fraction of sp³-hybridized carbons (Fsp3) is 0. The number of para-hydroxylation sites is 3. The van der Waals surface area contributed by atoms with Crippen molar-refractivity contribution in [3.63, 3.8) is 0 Å². The predicted molar refractivity (Wildman–Crippen MR) is 474 cm³/mol. The molecule has 0 aliphatic rings. The van der Waals surface area contributed by atoms with Crippen LogP contribution in [0.1, 0.15) is 0 Å². The summed E-state index contributed by atoms with van der Waals surface area (Å²) < 4.78 is 52.6. The zero-order chi connectivity index (χ0) is 75.6. The number of benzene rings is 20. The molecule has 0 bridgehead atoms. The Hall–Kier alpha value is -13.4. The first kappa shape index (κ1) is 70.3. The molecule has 20 aromatic rings. The molecule has 0 saturated carbocycles. The van der Waals surface area contributed by atoms with Crippen molar-refractivity contribution in [2.24, 2.45) is 0 Å². The maximum absolute atomic E-state index is 17.6. The standard InChI is InChI=1S/C64H42F2N2.C24H18FN.C16H8Br2/c65-57-41-49(43-19-7-1-8-20-43)39-55(45-23-11-3-12-24-45)63(57)67(51-27-15-5-16-28-51)59-37-33-47-32-36-54-60(38-34-48-31-35-53(59)61(47)62(48)54)68(52-29-17-6-18-30-52)64-56(46-25-13-4-14-26-46)40-50(42-58(64)66)44-21-9-2-10-22-44;25-23-17-20(18-10-4-1-5-11-18)16-22(19-12-6-2-7-13-19)24(23)26-21-14-8-3-9-15-21;17-13-8-4-10-2-6-12-14(18)7-3-9-1-5-11(13)16(10)15(9)12/h1-42H;1-17,26H;1-8H. The number of rotatable bonds is 14. The van der Waals surface area contributed by atoms with E-state index >= 15 is 13.2 Å². The van der Waals surface area contributed by atoms with Crippen molar-refractivity contribution in [2.45, 2.75) is 0 Å². The molecule has 112 heavy (non-hydrogen) atoms. The van der Waals surface area contributed by atoms with Gasteiger partial charge in [0.25, 0.3) is 0 Å². The SMILES string of the molecule is Brc1ccc2ccc3c(Br)ccc4ccc1c2c43.Fc1cc(-c2ccccc2)cc(-c2ccccc2)c1N(c1ccccc1)c1ccc2ccc3c(N(c4ccccc4)c4c(F)cc(-c5ccccc5)cc4-c4ccccc4)ccc4ccc1c2c43.Fc1cc(-c2ccccc2)cc(-c2ccccc2)c1Nc1ccccc1. The lowest BCUT2D eigenvalue weighted by atomic mass is 9.90. The fourth-order valence-corrected chi connectivity index (χ4v) is 16.7. The molecule has 0 aromatic heterocycles. The summed E-state index contributed by atoms with van der Waals surface area (Å²) in [7, 11) is 0. The van der Waals surface area contributed by atoms with Crippen LogP contribution in [0.25, 0.3) is 131 Å². The summed E-state index contributed by atoms with van der Waals surface area (Å²) in [5.74, 6) is -0.945. The van der Waals surface area contributed by atoms with Gasteiger partial charge in [-0.05, 0) is 201 Å². The summed E-state index contributed by atoms with van der Waals surface area (Å²) >= 11 is 7.30. The lowest BCUT2D eigenvalue weighted by Crippen LogP contribution is -2.14. The molecule has 0 aliphatic heterocycles. The zero-order valence-corrected chi connectivity index (χ0v) is 63.6. The van der Waals surface area contributed by atoms with E-state index in [1.807, 2.05) is 279 Å². The molecule has 0 heterocycles. The van der Waals surface area contributed by atoms with Crippen LogP contribution < -0.4 is 15.1 Å². The quantitative estimate of drug-likeness (QED) is 0.110. The van der Waals surface area contributed by atoms with E-state index < -0.39 is 0 Å². The fourth-order valence-electron chi connectivity index (χ4n) is 15.8. The molecule has 0 spiro atoms. The van der Waals surface area contributed by atoms with Crippen molar-refractivity contribution < 1.29 is 13.2 Å². The number of anilines is 8. The van der Waals surface area contributed by atoms with Gasteiger partial charge in [-0.1, -0.05) is 341 Å². The second-order valence-corrected chi connectivity index (χ2v) is 29.4. The molecular formula is C104H68Br2F3N3. The van der Waals surface area contributed by atoms with Gasteiger partial charge in [0.2, 0.25) is 0 Å². The molecule has 0 radical (unpaired) electrons. The van der Waals surface area contributed by atoms with Crippen LogP contribution in [0.15, 0.2) is 415 Å². The number of nitrogens with zero attached hydrogens (tertiary/aromatic N) is 2. The van der Waals surface area contributed by atoms with E-state index in [9.17, 15) is 0 Å². The molecule has 8 heteroatoms. The number of nitrogens with one attached hydrogen (secondary N) is 1. The van der Waals surface area contributed by atoms with Crippen LogP contribution in [0.3, 0.4) is 0 Å². The Kier molecular flexibility index (Phi) is 19.4.